The number of aromatic carboxylic acids is 1. The van der Waals surface area contributed by atoms with Gasteiger partial charge in [0.25, 0.3) is 0 Å². The summed E-state index contributed by atoms with van der Waals surface area (Å²) in [6, 6.07) is 2.03. The molecule has 138 valence electrons. The summed E-state index contributed by atoms with van der Waals surface area (Å²) >= 11 is 1.36. The molecule has 0 spiro atoms. The first-order valence-corrected chi connectivity index (χ1v) is 9.41. The summed E-state index contributed by atoms with van der Waals surface area (Å²) in [5, 5.41) is 13.7. The fourth-order valence-electron chi connectivity index (χ4n) is 3.00. The maximum Gasteiger partial charge on any atom is 0.338 e. The Morgan fingerprint density at radius 3 is 2.46 bits per heavy atom. The van der Waals surface area contributed by atoms with Crippen LogP contribution in [0.4, 0.5) is 0 Å². The van der Waals surface area contributed by atoms with E-state index in [1.54, 1.807) is 10.9 Å². The Kier molecular flexibility index (Phi) is 5.55. The van der Waals surface area contributed by atoms with Gasteiger partial charge in [0.1, 0.15) is 0 Å². The zero-order chi connectivity index (χ0) is 18.7. The summed E-state index contributed by atoms with van der Waals surface area (Å²) < 4.78 is 1.70. The maximum atomic E-state index is 12.4. The number of nitrogens with zero attached hydrogens (tertiary/aromatic N) is 5. The van der Waals surface area contributed by atoms with Crippen LogP contribution in [0.2, 0.25) is 0 Å². The number of hydrogen-bond acceptors (Lipinski definition) is 6. The van der Waals surface area contributed by atoms with Crippen LogP contribution < -0.4 is 0 Å². The quantitative estimate of drug-likeness (QED) is 0.629. The third kappa shape index (κ3) is 4.40. The van der Waals surface area contributed by atoms with Crippen LogP contribution in [0.25, 0.3) is 0 Å². The Bertz CT molecular complexity index is 794. The van der Waals surface area contributed by atoms with E-state index in [0.29, 0.717) is 24.0 Å². The minimum absolute atomic E-state index is 0.0721. The SMILES string of the molecule is Cc1cc(C)nc(SCC(=O)N2CCC(n3cc(C(=O)O)cn3)CC2)n1. The van der Waals surface area contributed by atoms with E-state index >= 15 is 0 Å². The molecule has 8 nitrogen and oxygen atoms in total. The van der Waals surface area contributed by atoms with Crippen LogP contribution in [0, 0.1) is 13.8 Å². The molecule has 1 saturated heterocycles. The van der Waals surface area contributed by atoms with Crippen molar-refractivity contribution >= 4 is 23.6 Å². The number of carboxylic acids is 1. The van der Waals surface area contributed by atoms with Gasteiger partial charge >= 0.3 is 5.97 Å². The molecule has 0 bridgehead atoms. The Hall–Kier alpha value is -2.42. The molecule has 3 heterocycles. The molecule has 3 rings (SSSR count). The van der Waals surface area contributed by atoms with Crippen LogP contribution in [-0.2, 0) is 4.79 Å². The maximum absolute atomic E-state index is 12.4. The molecular formula is C17H21N5O3S. The average Bonchev–Trinajstić information content (AvgIpc) is 3.09. The van der Waals surface area contributed by atoms with Crippen molar-refractivity contribution in [1.29, 1.82) is 0 Å². The molecule has 0 aromatic carbocycles. The summed E-state index contributed by atoms with van der Waals surface area (Å²) in [6.07, 6.45) is 4.44. The predicted molar refractivity (Wildman–Crippen MR) is 96.3 cm³/mol. The van der Waals surface area contributed by atoms with Crippen molar-refractivity contribution in [2.75, 3.05) is 18.8 Å². The number of carboxylic acid groups (broad SMARTS) is 1. The fraction of sp³-hybridized carbons (Fsp3) is 0.471. The number of likely N-dealkylation sites (tertiary alicyclic amines) is 1. The molecular weight excluding hydrogens is 354 g/mol. The van der Waals surface area contributed by atoms with Gasteiger partial charge in [0.15, 0.2) is 5.16 Å². The van der Waals surface area contributed by atoms with Crippen LogP contribution in [0.15, 0.2) is 23.6 Å². The molecule has 0 unspecified atom stereocenters. The van der Waals surface area contributed by atoms with Crippen molar-refractivity contribution < 1.29 is 14.7 Å². The van der Waals surface area contributed by atoms with E-state index in [2.05, 4.69) is 15.1 Å². The highest BCUT2D eigenvalue weighted by Crippen LogP contribution is 2.23. The standard InChI is InChI=1S/C17H21N5O3S/c1-11-7-12(2)20-17(19-11)26-10-15(23)21-5-3-14(4-6-21)22-9-13(8-18-22)16(24)25/h7-9,14H,3-6,10H2,1-2H3,(H,24,25). The van der Waals surface area contributed by atoms with E-state index < -0.39 is 5.97 Å². The first-order valence-electron chi connectivity index (χ1n) is 8.42. The van der Waals surface area contributed by atoms with Crippen LogP contribution in [0.3, 0.4) is 0 Å². The normalized spacial score (nSPS) is 15.2. The van der Waals surface area contributed by atoms with Crippen molar-refractivity contribution in [3.8, 4) is 0 Å². The van der Waals surface area contributed by atoms with Crippen molar-refractivity contribution in [2.45, 2.75) is 37.9 Å². The van der Waals surface area contributed by atoms with E-state index in [1.165, 1.54) is 18.0 Å². The van der Waals surface area contributed by atoms with Crippen LogP contribution in [0.1, 0.15) is 40.6 Å². The van der Waals surface area contributed by atoms with Crippen molar-refractivity contribution in [1.82, 2.24) is 24.6 Å². The summed E-state index contributed by atoms with van der Waals surface area (Å²) in [4.78, 5) is 33.9. The smallest absolute Gasteiger partial charge is 0.338 e. The largest absolute Gasteiger partial charge is 0.478 e. The molecule has 0 saturated carbocycles. The number of amides is 1. The highest BCUT2D eigenvalue weighted by atomic mass is 32.2. The van der Waals surface area contributed by atoms with Gasteiger partial charge in [-0.05, 0) is 32.8 Å². The number of rotatable bonds is 5. The van der Waals surface area contributed by atoms with Crippen molar-refractivity contribution in [3.05, 3.63) is 35.4 Å². The number of hydrogen-bond donors (Lipinski definition) is 1. The van der Waals surface area contributed by atoms with Crippen LogP contribution in [-0.4, -0.2) is 60.5 Å². The summed E-state index contributed by atoms with van der Waals surface area (Å²) in [5.74, 6) is -0.587. The molecule has 1 fully saturated rings. The number of carbonyl (C=O) groups is 2. The molecule has 0 atom stereocenters. The molecule has 1 aliphatic heterocycles. The number of aromatic nitrogens is 4. The lowest BCUT2D eigenvalue weighted by molar-refractivity contribution is -0.129. The van der Waals surface area contributed by atoms with Gasteiger partial charge in [-0.2, -0.15) is 5.10 Å². The van der Waals surface area contributed by atoms with Crippen molar-refractivity contribution in [3.63, 3.8) is 0 Å². The first kappa shape index (κ1) is 18.4. The number of aryl methyl sites for hydroxylation is 2. The predicted octanol–water partition coefficient (Wildman–Crippen LogP) is 1.94. The summed E-state index contributed by atoms with van der Waals surface area (Å²) in [7, 11) is 0. The van der Waals surface area contributed by atoms with E-state index in [9.17, 15) is 9.59 Å². The Morgan fingerprint density at radius 2 is 1.88 bits per heavy atom. The lowest BCUT2D eigenvalue weighted by Crippen LogP contribution is -2.40. The number of piperidine rings is 1. The van der Waals surface area contributed by atoms with Gasteiger partial charge in [-0.15, -0.1) is 0 Å². The van der Waals surface area contributed by atoms with Gasteiger partial charge in [0, 0.05) is 30.7 Å². The lowest BCUT2D eigenvalue weighted by Gasteiger charge is -2.32. The molecule has 1 aliphatic rings. The number of thioether (sulfide) groups is 1. The molecule has 1 amide bonds. The van der Waals surface area contributed by atoms with Gasteiger partial charge < -0.3 is 10.0 Å². The monoisotopic (exact) mass is 375 g/mol. The molecule has 26 heavy (non-hydrogen) atoms. The zero-order valence-electron chi connectivity index (χ0n) is 14.8. The molecule has 0 aliphatic carbocycles. The molecule has 2 aromatic rings. The fourth-order valence-corrected chi connectivity index (χ4v) is 3.86. The Labute approximate surface area is 155 Å². The minimum atomic E-state index is -0.977. The van der Waals surface area contributed by atoms with Gasteiger partial charge in [0.05, 0.1) is 23.6 Å². The van der Waals surface area contributed by atoms with Gasteiger partial charge in [-0.3, -0.25) is 9.48 Å². The second kappa shape index (κ2) is 7.86. The second-order valence-electron chi connectivity index (χ2n) is 6.35. The van der Waals surface area contributed by atoms with Crippen LogP contribution >= 0.6 is 11.8 Å². The molecule has 2 aromatic heterocycles. The van der Waals surface area contributed by atoms with E-state index in [4.69, 9.17) is 5.11 Å². The Morgan fingerprint density at radius 1 is 1.23 bits per heavy atom. The number of carbonyl (C=O) groups excluding carboxylic acids is 1. The highest BCUT2D eigenvalue weighted by Gasteiger charge is 2.25. The van der Waals surface area contributed by atoms with Gasteiger partial charge in [-0.25, -0.2) is 14.8 Å². The topological polar surface area (TPSA) is 101 Å². The molecule has 9 heteroatoms. The third-order valence-corrected chi connectivity index (χ3v) is 5.16. The van der Waals surface area contributed by atoms with Crippen LogP contribution in [0.5, 0.6) is 0 Å². The second-order valence-corrected chi connectivity index (χ2v) is 7.29. The first-order chi connectivity index (χ1) is 12.4. The molecule has 1 N–H and O–H groups in total. The Balaban J connectivity index is 1.50. The summed E-state index contributed by atoms with van der Waals surface area (Å²) in [5.41, 5.74) is 1.98. The zero-order valence-corrected chi connectivity index (χ0v) is 15.6. The minimum Gasteiger partial charge on any atom is -0.478 e. The summed E-state index contributed by atoms with van der Waals surface area (Å²) in [6.45, 7) is 5.10. The highest BCUT2D eigenvalue weighted by molar-refractivity contribution is 7.99. The van der Waals surface area contributed by atoms with E-state index in [-0.39, 0.29) is 17.5 Å². The lowest BCUT2D eigenvalue weighted by atomic mass is 10.1. The molecule has 0 radical (unpaired) electrons. The van der Waals surface area contributed by atoms with E-state index in [1.807, 2.05) is 24.8 Å². The van der Waals surface area contributed by atoms with E-state index in [0.717, 1.165) is 24.2 Å². The van der Waals surface area contributed by atoms with Crippen molar-refractivity contribution in [2.24, 2.45) is 0 Å². The van der Waals surface area contributed by atoms with Gasteiger partial charge in [0.2, 0.25) is 5.91 Å². The van der Waals surface area contributed by atoms with Gasteiger partial charge in [-0.1, -0.05) is 11.8 Å². The average molecular weight is 375 g/mol. The third-order valence-electron chi connectivity index (χ3n) is 4.33.